The summed E-state index contributed by atoms with van der Waals surface area (Å²) >= 11 is 13.1. The molecule has 0 amide bonds. The van der Waals surface area contributed by atoms with Crippen molar-refractivity contribution in [3.05, 3.63) is 95.4 Å². The first-order valence-electron chi connectivity index (χ1n) is 9.47. The Morgan fingerprint density at radius 1 is 0.800 bits per heavy atom. The lowest BCUT2D eigenvalue weighted by molar-refractivity contribution is 0.589. The van der Waals surface area contributed by atoms with Gasteiger partial charge in [-0.05, 0) is 28.5 Å². The standard InChI is InChI=1S/C25H13NOS3/c28-23-17-10-15-8-4-5-9-16(15)11-18(17)24(29)19(23)12-22-26-25-20(27-22)13-21(30-25)14-6-2-1-3-7-14/h1-13H. The number of thiophene rings is 1. The Bertz CT molecular complexity index is 1430. The molecule has 2 heterocycles. The van der Waals surface area contributed by atoms with Crippen molar-refractivity contribution in [1.29, 1.82) is 0 Å². The van der Waals surface area contributed by atoms with Crippen molar-refractivity contribution < 1.29 is 4.42 Å². The summed E-state index contributed by atoms with van der Waals surface area (Å²) in [6, 6.07) is 24.8. The van der Waals surface area contributed by atoms with Crippen molar-refractivity contribution >= 4 is 72.8 Å². The lowest BCUT2D eigenvalue weighted by Gasteiger charge is -2.02. The predicted octanol–water partition coefficient (Wildman–Crippen LogP) is 7.24. The maximum absolute atomic E-state index is 6.01. The van der Waals surface area contributed by atoms with Gasteiger partial charge in [-0.15, -0.1) is 11.3 Å². The van der Waals surface area contributed by atoms with Gasteiger partial charge < -0.3 is 4.42 Å². The van der Waals surface area contributed by atoms with Crippen LogP contribution in [0.1, 0.15) is 17.0 Å². The van der Waals surface area contributed by atoms with E-state index in [4.69, 9.17) is 28.9 Å². The smallest absolute Gasteiger partial charge is 0.221 e. The van der Waals surface area contributed by atoms with E-state index in [1.807, 2.05) is 42.5 Å². The molecule has 3 aromatic carbocycles. The molecule has 142 valence electrons. The van der Waals surface area contributed by atoms with Crippen LogP contribution < -0.4 is 0 Å². The molecule has 0 N–H and O–H groups in total. The molecule has 30 heavy (non-hydrogen) atoms. The van der Waals surface area contributed by atoms with E-state index in [2.05, 4.69) is 41.4 Å². The normalized spacial score (nSPS) is 13.4. The van der Waals surface area contributed by atoms with Crippen molar-refractivity contribution in [3.63, 3.8) is 0 Å². The molecule has 0 radical (unpaired) electrons. The van der Waals surface area contributed by atoms with Crippen molar-refractivity contribution in [2.75, 3.05) is 0 Å². The maximum atomic E-state index is 6.01. The fourth-order valence-electron chi connectivity index (χ4n) is 3.82. The van der Waals surface area contributed by atoms with Gasteiger partial charge in [-0.2, -0.15) is 4.98 Å². The second-order valence-corrected chi connectivity index (χ2v) is 9.01. The van der Waals surface area contributed by atoms with Crippen LogP contribution in [0.4, 0.5) is 0 Å². The zero-order valence-electron chi connectivity index (χ0n) is 15.6. The average Bonchev–Trinajstić information content (AvgIpc) is 3.41. The lowest BCUT2D eigenvalue weighted by atomic mass is 10.0. The van der Waals surface area contributed by atoms with E-state index in [1.165, 1.54) is 0 Å². The average molecular weight is 440 g/mol. The maximum Gasteiger partial charge on any atom is 0.221 e. The third-order valence-electron chi connectivity index (χ3n) is 5.30. The SMILES string of the molecule is S=C1C(=Cc2nc3sc(-c4ccccc4)cc3o2)C(=S)c2cc3ccccc3cc21. The number of aromatic nitrogens is 1. The molecule has 0 unspecified atom stereocenters. The third-order valence-corrected chi connectivity index (χ3v) is 7.24. The van der Waals surface area contributed by atoms with E-state index >= 15 is 0 Å². The van der Waals surface area contributed by atoms with Crippen molar-refractivity contribution in [1.82, 2.24) is 4.98 Å². The highest BCUT2D eigenvalue weighted by Gasteiger charge is 2.28. The Hall–Kier alpha value is -2.99. The van der Waals surface area contributed by atoms with Crippen LogP contribution in [0, 0.1) is 0 Å². The largest absolute Gasteiger partial charge is 0.436 e. The minimum atomic E-state index is 0.535. The zero-order valence-corrected chi connectivity index (χ0v) is 18.0. The number of oxazole rings is 1. The van der Waals surface area contributed by atoms with E-state index in [0.717, 1.165) is 58.1 Å². The zero-order chi connectivity index (χ0) is 20.2. The first-order valence-corrected chi connectivity index (χ1v) is 11.1. The molecule has 1 aliphatic rings. The molecular formula is C25H13NOS3. The van der Waals surface area contributed by atoms with Gasteiger partial charge in [-0.1, -0.05) is 79.0 Å². The van der Waals surface area contributed by atoms with Crippen LogP contribution in [0.25, 0.3) is 37.7 Å². The highest BCUT2D eigenvalue weighted by Crippen LogP contribution is 2.36. The summed E-state index contributed by atoms with van der Waals surface area (Å²) in [4.78, 5) is 8.19. The summed E-state index contributed by atoms with van der Waals surface area (Å²) in [6.07, 6.45) is 1.88. The second kappa shape index (κ2) is 6.77. The van der Waals surface area contributed by atoms with Gasteiger partial charge >= 0.3 is 0 Å². The van der Waals surface area contributed by atoms with Crippen LogP contribution in [-0.4, -0.2) is 14.7 Å². The number of hydrogen-bond donors (Lipinski definition) is 0. The van der Waals surface area contributed by atoms with E-state index in [9.17, 15) is 0 Å². The first kappa shape index (κ1) is 17.8. The molecule has 0 saturated carbocycles. The Morgan fingerprint density at radius 2 is 1.43 bits per heavy atom. The highest BCUT2D eigenvalue weighted by molar-refractivity contribution is 7.84. The van der Waals surface area contributed by atoms with Crippen molar-refractivity contribution in [2.45, 2.75) is 0 Å². The van der Waals surface area contributed by atoms with Gasteiger partial charge in [0.1, 0.15) is 0 Å². The summed E-state index contributed by atoms with van der Waals surface area (Å²) in [5.74, 6) is 0.535. The van der Waals surface area contributed by atoms with Gasteiger partial charge in [0, 0.05) is 33.7 Å². The molecule has 0 saturated heterocycles. The molecule has 6 rings (SSSR count). The summed E-state index contributed by atoms with van der Waals surface area (Å²) in [5.41, 5.74) is 4.81. The highest BCUT2D eigenvalue weighted by atomic mass is 32.1. The first-order chi connectivity index (χ1) is 14.7. The van der Waals surface area contributed by atoms with E-state index in [-0.39, 0.29) is 0 Å². The van der Waals surface area contributed by atoms with Gasteiger partial charge in [0.2, 0.25) is 5.89 Å². The molecule has 0 bridgehead atoms. The fraction of sp³-hybridized carbons (Fsp3) is 0. The molecule has 0 spiro atoms. The molecule has 0 fully saturated rings. The van der Waals surface area contributed by atoms with Crippen LogP contribution >= 0.6 is 35.8 Å². The number of allylic oxidation sites excluding steroid dienone is 1. The van der Waals surface area contributed by atoms with Gasteiger partial charge in [0.15, 0.2) is 10.4 Å². The third kappa shape index (κ3) is 2.78. The number of nitrogens with zero attached hydrogens (tertiary/aromatic N) is 1. The van der Waals surface area contributed by atoms with Crippen LogP contribution in [0.3, 0.4) is 0 Å². The molecule has 2 nitrogen and oxygen atoms in total. The van der Waals surface area contributed by atoms with Gasteiger partial charge in [0.05, 0.1) is 9.73 Å². The van der Waals surface area contributed by atoms with Crippen LogP contribution in [0.5, 0.6) is 0 Å². The number of hydrogen-bond acceptors (Lipinski definition) is 5. The lowest BCUT2D eigenvalue weighted by Crippen LogP contribution is -1.97. The van der Waals surface area contributed by atoms with E-state index < -0.39 is 0 Å². The summed E-state index contributed by atoms with van der Waals surface area (Å²) in [6.45, 7) is 0. The van der Waals surface area contributed by atoms with Crippen molar-refractivity contribution in [2.24, 2.45) is 0 Å². The molecule has 1 aliphatic carbocycles. The van der Waals surface area contributed by atoms with Crippen LogP contribution in [0.2, 0.25) is 0 Å². The van der Waals surface area contributed by atoms with Gasteiger partial charge in [-0.25, -0.2) is 0 Å². The van der Waals surface area contributed by atoms with Crippen molar-refractivity contribution in [3.8, 4) is 10.4 Å². The Balaban J connectivity index is 1.39. The van der Waals surface area contributed by atoms with Gasteiger partial charge in [0.25, 0.3) is 0 Å². The van der Waals surface area contributed by atoms with Gasteiger partial charge in [-0.3, -0.25) is 0 Å². The molecule has 0 aliphatic heterocycles. The molecule has 5 heteroatoms. The quantitative estimate of drug-likeness (QED) is 0.214. The summed E-state index contributed by atoms with van der Waals surface area (Å²) in [5, 5.41) is 2.32. The number of thiocarbonyl (C=S) groups is 2. The number of rotatable bonds is 2. The number of benzene rings is 3. The molecule has 5 aromatic rings. The number of fused-ring (bicyclic) bond motifs is 3. The molecular weight excluding hydrogens is 426 g/mol. The fourth-order valence-corrected chi connectivity index (χ4v) is 5.51. The molecule has 0 atom stereocenters. The van der Waals surface area contributed by atoms with Crippen LogP contribution in [-0.2, 0) is 0 Å². The minimum absolute atomic E-state index is 0.535. The van der Waals surface area contributed by atoms with E-state index in [1.54, 1.807) is 11.3 Å². The Kier molecular flexibility index (Phi) is 4.03. The second-order valence-electron chi connectivity index (χ2n) is 7.16. The predicted molar refractivity (Wildman–Crippen MR) is 133 cm³/mol. The Labute approximate surface area is 187 Å². The minimum Gasteiger partial charge on any atom is -0.436 e. The molecule has 2 aromatic heterocycles. The Morgan fingerprint density at radius 3 is 2.07 bits per heavy atom. The van der Waals surface area contributed by atoms with E-state index in [0.29, 0.717) is 5.89 Å². The van der Waals surface area contributed by atoms with Crippen LogP contribution in [0.15, 0.2) is 82.8 Å². The topological polar surface area (TPSA) is 26.0 Å². The summed E-state index contributed by atoms with van der Waals surface area (Å²) in [7, 11) is 0. The summed E-state index contributed by atoms with van der Waals surface area (Å²) < 4.78 is 6.01. The monoisotopic (exact) mass is 439 g/mol.